The summed E-state index contributed by atoms with van der Waals surface area (Å²) >= 11 is 3.24. The summed E-state index contributed by atoms with van der Waals surface area (Å²) in [5.41, 5.74) is 6.22. The van der Waals surface area contributed by atoms with Crippen LogP contribution in [0.2, 0.25) is 0 Å². The maximum atomic E-state index is 11.1. The van der Waals surface area contributed by atoms with Crippen molar-refractivity contribution >= 4 is 33.5 Å². The highest BCUT2D eigenvalue weighted by atomic mass is 79.9. The Morgan fingerprint density at radius 2 is 2.11 bits per heavy atom. The average molecular weight is 313 g/mol. The van der Waals surface area contributed by atoms with E-state index in [1.54, 1.807) is 18.2 Å². The number of benzene rings is 1. The number of rotatable bonds is 5. The highest BCUT2D eigenvalue weighted by Gasteiger charge is 2.36. The fraction of sp³-hybridized carbons (Fsp3) is 0.333. The highest BCUT2D eigenvalue weighted by molar-refractivity contribution is 9.10. The second-order valence-corrected chi connectivity index (χ2v) is 5.21. The van der Waals surface area contributed by atoms with Gasteiger partial charge < -0.3 is 16.2 Å². The van der Waals surface area contributed by atoms with Crippen LogP contribution in [0.15, 0.2) is 22.7 Å². The number of amides is 1. The molecule has 6 heteroatoms. The largest absolute Gasteiger partial charge is 0.480 e. The summed E-state index contributed by atoms with van der Waals surface area (Å²) in [4.78, 5) is 22.2. The van der Waals surface area contributed by atoms with Crippen molar-refractivity contribution in [1.82, 2.24) is 0 Å². The van der Waals surface area contributed by atoms with E-state index in [0.717, 1.165) is 12.8 Å². The summed E-state index contributed by atoms with van der Waals surface area (Å²) in [6.07, 6.45) is 1.87. The van der Waals surface area contributed by atoms with Crippen molar-refractivity contribution in [2.75, 3.05) is 5.32 Å². The van der Waals surface area contributed by atoms with E-state index in [4.69, 9.17) is 10.8 Å². The molecular weight excluding hydrogens is 300 g/mol. The van der Waals surface area contributed by atoms with E-state index in [2.05, 4.69) is 21.2 Å². The third kappa shape index (κ3) is 2.81. The molecule has 0 saturated heterocycles. The molecule has 0 radical (unpaired) electrons. The zero-order valence-corrected chi connectivity index (χ0v) is 11.1. The average Bonchev–Trinajstić information content (AvgIpc) is 3.08. The number of carboxylic acid groups (broad SMARTS) is 1. The Morgan fingerprint density at radius 1 is 1.44 bits per heavy atom. The van der Waals surface area contributed by atoms with E-state index >= 15 is 0 Å². The van der Waals surface area contributed by atoms with Crippen LogP contribution in [0, 0.1) is 5.92 Å². The maximum Gasteiger partial charge on any atom is 0.326 e. The molecule has 1 atom stereocenters. The predicted octanol–water partition coefficient (Wildman–Crippen LogP) is 1.82. The Bertz CT molecular complexity index is 500. The van der Waals surface area contributed by atoms with E-state index in [0.29, 0.717) is 15.7 Å². The van der Waals surface area contributed by atoms with Gasteiger partial charge in [-0.05, 0) is 52.9 Å². The number of nitrogens with two attached hydrogens (primary N) is 1. The van der Waals surface area contributed by atoms with Crippen molar-refractivity contribution in [2.45, 2.75) is 18.9 Å². The fourth-order valence-corrected chi connectivity index (χ4v) is 2.37. The van der Waals surface area contributed by atoms with Crippen LogP contribution >= 0.6 is 15.9 Å². The van der Waals surface area contributed by atoms with Gasteiger partial charge in [0.05, 0.1) is 5.56 Å². The third-order valence-electron chi connectivity index (χ3n) is 2.92. The first-order valence-electron chi connectivity index (χ1n) is 5.57. The number of aliphatic carboxylic acids is 1. The molecule has 1 unspecified atom stereocenters. The molecule has 18 heavy (non-hydrogen) atoms. The van der Waals surface area contributed by atoms with Crippen LogP contribution in [-0.2, 0) is 4.79 Å². The zero-order chi connectivity index (χ0) is 13.3. The summed E-state index contributed by atoms with van der Waals surface area (Å²) in [6.45, 7) is 0. The molecule has 0 heterocycles. The molecule has 4 N–H and O–H groups in total. The second kappa shape index (κ2) is 4.97. The first-order chi connectivity index (χ1) is 8.49. The van der Waals surface area contributed by atoms with Crippen molar-refractivity contribution in [2.24, 2.45) is 11.7 Å². The minimum absolute atomic E-state index is 0.192. The van der Waals surface area contributed by atoms with Gasteiger partial charge in [0.15, 0.2) is 0 Å². The van der Waals surface area contributed by atoms with Crippen LogP contribution in [0.4, 0.5) is 5.69 Å². The van der Waals surface area contributed by atoms with Gasteiger partial charge in [-0.1, -0.05) is 0 Å². The Kier molecular flexibility index (Phi) is 3.56. The predicted molar refractivity (Wildman–Crippen MR) is 70.4 cm³/mol. The van der Waals surface area contributed by atoms with Gasteiger partial charge >= 0.3 is 5.97 Å². The SMILES string of the molecule is NC(=O)c1ccc(NC(C(=O)O)C2CC2)cc1Br. The van der Waals surface area contributed by atoms with E-state index in [1.165, 1.54) is 0 Å². The van der Waals surface area contributed by atoms with E-state index in [-0.39, 0.29) is 5.92 Å². The van der Waals surface area contributed by atoms with Gasteiger partial charge in [0.2, 0.25) is 5.91 Å². The lowest BCUT2D eigenvalue weighted by Crippen LogP contribution is -2.31. The normalized spacial score (nSPS) is 16.1. The molecule has 1 aliphatic rings. The Balaban J connectivity index is 2.16. The number of hydrogen-bond acceptors (Lipinski definition) is 3. The van der Waals surface area contributed by atoms with E-state index in [1.807, 2.05) is 0 Å². The molecule has 0 aliphatic heterocycles. The standard InChI is InChI=1S/C12H13BrN2O3/c13-9-5-7(3-4-8(9)11(14)16)15-10(12(17)18)6-1-2-6/h3-6,10,15H,1-2H2,(H2,14,16)(H,17,18). The molecule has 1 aliphatic carbocycles. The number of carbonyl (C=O) groups excluding carboxylic acids is 1. The van der Waals surface area contributed by atoms with Gasteiger partial charge in [-0.3, -0.25) is 4.79 Å². The Hall–Kier alpha value is -1.56. The van der Waals surface area contributed by atoms with Gasteiger partial charge in [0.25, 0.3) is 0 Å². The number of nitrogens with one attached hydrogen (secondary N) is 1. The number of primary amides is 1. The first kappa shape index (κ1) is 12.9. The molecular formula is C12H13BrN2O3. The van der Waals surface area contributed by atoms with Crippen LogP contribution in [0.25, 0.3) is 0 Å². The van der Waals surface area contributed by atoms with Crippen LogP contribution in [0.1, 0.15) is 23.2 Å². The lowest BCUT2D eigenvalue weighted by Gasteiger charge is -2.15. The second-order valence-electron chi connectivity index (χ2n) is 4.36. The smallest absolute Gasteiger partial charge is 0.326 e. The van der Waals surface area contributed by atoms with Crippen molar-refractivity contribution in [3.8, 4) is 0 Å². The molecule has 0 spiro atoms. The minimum Gasteiger partial charge on any atom is -0.480 e. The molecule has 2 rings (SSSR count). The third-order valence-corrected chi connectivity index (χ3v) is 3.57. The number of halogens is 1. The van der Waals surface area contributed by atoms with E-state index in [9.17, 15) is 9.59 Å². The maximum absolute atomic E-state index is 11.1. The van der Waals surface area contributed by atoms with E-state index < -0.39 is 17.9 Å². The molecule has 1 aromatic rings. The molecule has 0 bridgehead atoms. The molecule has 96 valence electrons. The number of carbonyl (C=O) groups is 2. The van der Waals surface area contributed by atoms with Crippen molar-refractivity contribution in [1.29, 1.82) is 0 Å². The molecule has 0 aromatic heterocycles. The zero-order valence-electron chi connectivity index (χ0n) is 9.52. The summed E-state index contributed by atoms with van der Waals surface area (Å²) in [5, 5.41) is 12.1. The van der Waals surface area contributed by atoms with Gasteiger partial charge in [0, 0.05) is 10.2 Å². The van der Waals surface area contributed by atoms with Crippen molar-refractivity contribution < 1.29 is 14.7 Å². The molecule has 5 nitrogen and oxygen atoms in total. The topological polar surface area (TPSA) is 92.4 Å². The van der Waals surface area contributed by atoms with Crippen molar-refractivity contribution in [3.05, 3.63) is 28.2 Å². The molecule has 1 fully saturated rings. The highest BCUT2D eigenvalue weighted by Crippen LogP contribution is 2.34. The van der Waals surface area contributed by atoms with Crippen LogP contribution in [0.3, 0.4) is 0 Å². The fourth-order valence-electron chi connectivity index (χ4n) is 1.80. The van der Waals surface area contributed by atoms with Crippen molar-refractivity contribution in [3.63, 3.8) is 0 Å². The molecule has 1 saturated carbocycles. The Labute approximate surface area is 112 Å². The summed E-state index contributed by atoms with van der Waals surface area (Å²) in [7, 11) is 0. The van der Waals surface area contributed by atoms with Gasteiger partial charge in [0.1, 0.15) is 6.04 Å². The first-order valence-corrected chi connectivity index (χ1v) is 6.37. The summed E-state index contributed by atoms with van der Waals surface area (Å²) in [5.74, 6) is -1.19. The quantitative estimate of drug-likeness (QED) is 0.773. The summed E-state index contributed by atoms with van der Waals surface area (Å²) < 4.78 is 0.555. The van der Waals surface area contributed by atoms with Gasteiger partial charge in [-0.25, -0.2) is 4.79 Å². The molecule has 1 amide bonds. The lowest BCUT2D eigenvalue weighted by atomic mass is 10.1. The van der Waals surface area contributed by atoms with Crippen LogP contribution in [0.5, 0.6) is 0 Å². The number of carboxylic acids is 1. The van der Waals surface area contributed by atoms with Gasteiger partial charge in [-0.15, -0.1) is 0 Å². The Morgan fingerprint density at radius 3 is 2.56 bits per heavy atom. The number of hydrogen-bond donors (Lipinski definition) is 3. The summed E-state index contributed by atoms with van der Waals surface area (Å²) in [6, 6.07) is 4.32. The minimum atomic E-state index is -0.854. The lowest BCUT2D eigenvalue weighted by molar-refractivity contribution is -0.138. The molecule has 1 aromatic carbocycles. The van der Waals surface area contributed by atoms with Crippen LogP contribution < -0.4 is 11.1 Å². The number of anilines is 1. The van der Waals surface area contributed by atoms with Gasteiger partial charge in [-0.2, -0.15) is 0 Å². The van der Waals surface area contributed by atoms with Crippen LogP contribution in [-0.4, -0.2) is 23.0 Å². The monoisotopic (exact) mass is 312 g/mol.